The number of rotatable bonds is 3. The number of hydrogen-bond donors (Lipinski definition) is 2. The van der Waals surface area contributed by atoms with E-state index in [2.05, 4.69) is 37.2 Å². The lowest BCUT2D eigenvalue weighted by Crippen LogP contribution is -2.10. The van der Waals surface area contributed by atoms with Crippen LogP contribution in [0.3, 0.4) is 0 Å². The molecule has 0 saturated heterocycles. The highest BCUT2D eigenvalue weighted by Gasteiger charge is 2.12. The number of hydrogen-bond acceptors (Lipinski definition) is 3. The summed E-state index contributed by atoms with van der Waals surface area (Å²) in [5.74, 6) is -0.165. The molecule has 6 heteroatoms. The van der Waals surface area contributed by atoms with Crippen LogP contribution in [0, 0.1) is 0 Å². The van der Waals surface area contributed by atoms with Crippen molar-refractivity contribution in [2.45, 2.75) is 6.61 Å². The van der Waals surface area contributed by atoms with Crippen LogP contribution in [0.4, 0.5) is 5.69 Å². The summed E-state index contributed by atoms with van der Waals surface area (Å²) < 4.78 is 1.75. The van der Waals surface area contributed by atoms with Gasteiger partial charge in [0, 0.05) is 10.2 Å². The molecule has 94 valence electrons. The Morgan fingerprint density at radius 3 is 2.72 bits per heavy atom. The quantitative estimate of drug-likeness (QED) is 0.831. The first kappa shape index (κ1) is 13.7. The van der Waals surface area contributed by atoms with Crippen molar-refractivity contribution < 1.29 is 9.90 Å². The number of benzene rings is 1. The fraction of sp³-hybridized carbons (Fsp3) is 0.0833. The van der Waals surface area contributed by atoms with Crippen LogP contribution in [0.2, 0.25) is 0 Å². The van der Waals surface area contributed by atoms with Crippen molar-refractivity contribution in [3.05, 3.63) is 49.0 Å². The fourth-order valence-corrected chi connectivity index (χ4v) is 3.33. The third-order valence-electron chi connectivity index (χ3n) is 2.24. The molecule has 2 N–H and O–H groups in total. The largest absolute Gasteiger partial charge is 0.392 e. The van der Waals surface area contributed by atoms with Gasteiger partial charge in [-0.2, -0.15) is 0 Å². The Labute approximate surface area is 125 Å². The zero-order valence-electron chi connectivity index (χ0n) is 9.11. The minimum atomic E-state index is -0.165. The molecular weight excluding hydrogens is 382 g/mol. The number of thiophene rings is 1. The van der Waals surface area contributed by atoms with E-state index in [1.54, 1.807) is 30.3 Å². The van der Waals surface area contributed by atoms with Crippen molar-refractivity contribution in [1.82, 2.24) is 0 Å². The average Bonchev–Trinajstić information content (AvgIpc) is 2.70. The smallest absolute Gasteiger partial charge is 0.265 e. The summed E-state index contributed by atoms with van der Waals surface area (Å²) in [5.41, 5.74) is 1.44. The predicted octanol–water partition coefficient (Wildman–Crippen LogP) is 4.02. The maximum atomic E-state index is 12.0. The lowest BCUT2D eigenvalue weighted by molar-refractivity contribution is 0.103. The Morgan fingerprint density at radius 2 is 2.11 bits per heavy atom. The van der Waals surface area contributed by atoms with Crippen LogP contribution in [0.15, 0.2) is 38.6 Å². The van der Waals surface area contributed by atoms with Gasteiger partial charge in [-0.1, -0.05) is 12.1 Å². The Balaban J connectivity index is 2.15. The van der Waals surface area contributed by atoms with E-state index >= 15 is 0 Å². The highest BCUT2D eigenvalue weighted by Crippen LogP contribution is 2.32. The number of amides is 1. The van der Waals surface area contributed by atoms with Crippen LogP contribution in [0.25, 0.3) is 0 Å². The molecule has 1 amide bonds. The summed E-state index contributed by atoms with van der Waals surface area (Å²) in [5, 5.41) is 11.8. The van der Waals surface area contributed by atoms with Gasteiger partial charge < -0.3 is 10.4 Å². The van der Waals surface area contributed by atoms with Gasteiger partial charge in [0.05, 0.1) is 15.3 Å². The third-order valence-corrected chi connectivity index (χ3v) is 5.49. The van der Waals surface area contributed by atoms with Crippen LogP contribution >= 0.6 is 43.2 Å². The summed E-state index contributed by atoms with van der Waals surface area (Å²) >= 11 is 8.05. The minimum absolute atomic E-state index is 0.0419. The SMILES string of the molecule is O=C(Nc1cccc(CO)c1)c1cc(Br)c(Br)s1. The highest BCUT2D eigenvalue weighted by atomic mass is 79.9. The van der Waals surface area contributed by atoms with Gasteiger partial charge in [0.15, 0.2) is 0 Å². The molecule has 0 unspecified atom stereocenters. The summed E-state index contributed by atoms with van der Waals surface area (Å²) in [6, 6.07) is 8.89. The van der Waals surface area contributed by atoms with E-state index in [9.17, 15) is 4.79 Å². The molecule has 0 aliphatic rings. The van der Waals surface area contributed by atoms with E-state index in [0.717, 1.165) is 13.8 Å². The fourth-order valence-electron chi connectivity index (χ4n) is 1.40. The molecule has 0 aliphatic carbocycles. The van der Waals surface area contributed by atoms with E-state index in [0.29, 0.717) is 10.6 Å². The van der Waals surface area contributed by atoms with Gasteiger partial charge >= 0.3 is 0 Å². The summed E-state index contributed by atoms with van der Waals surface area (Å²) in [4.78, 5) is 12.6. The summed E-state index contributed by atoms with van der Waals surface area (Å²) in [7, 11) is 0. The lowest BCUT2D eigenvalue weighted by atomic mass is 10.2. The molecule has 1 heterocycles. The monoisotopic (exact) mass is 389 g/mol. The molecule has 2 aromatic rings. The van der Waals surface area contributed by atoms with E-state index in [-0.39, 0.29) is 12.5 Å². The number of carbonyl (C=O) groups excluding carboxylic acids is 1. The second-order valence-corrected chi connectivity index (χ2v) is 6.77. The molecule has 0 aliphatic heterocycles. The van der Waals surface area contributed by atoms with Crippen molar-refractivity contribution in [2.75, 3.05) is 5.32 Å². The molecule has 1 aromatic carbocycles. The molecule has 3 nitrogen and oxygen atoms in total. The Kier molecular flexibility index (Phi) is 4.55. The molecule has 0 bridgehead atoms. The second-order valence-electron chi connectivity index (χ2n) is 3.54. The maximum absolute atomic E-state index is 12.0. The van der Waals surface area contributed by atoms with E-state index in [1.165, 1.54) is 11.3 Å². The molecule has 18 heavy (non-hydrogen) atoms. The van der Waals surface area contributed by atoms with Crippen LogP contribution in [0.1, 0.15) is 15.2 Å². The van der Waals surface area contributed by atoms with E-state index in [4.69, 9.17) is 5.11 Å². The van der Waals surface area contributed by atoms with E-state index < -0.39 is 0 Å². The van der Waals surface area contributed by atoms with Crippen molar-refractivity contribution in [3.8, 4) is 0 Å². The summed E-state index contributed by atoms with van der Waals surface area (Å²) in [6.07, 6.45) is 0. The maximum Gasteiger partial charge on any atom is 0.265 e. The van der Waals surface area contributed by atoms with Gasteiger partial charge in [-0.15, -0.1) is 11.3 Å². The lowest BCUT2D eigenvalue weighted by Gasteiger charge is -2.04. The Morgan fingerprint density at radius 1 is 1.33 bits per heavy atom. The number of halogens is 2. The first-order valence-electron chi connectivity index (χ1n) is 5.06. The third kappa shape index (κ3) is 3.20. The number of nitrogens with one attached hydrogen (secondary N) is 1. The molecule has 0 atom stereocenters. The standard InChI is InChI=1S/C12H9Br2NO2S/c13-9-5-10(18-11(9)14)12(17)15-8-3-1-2-7(4-8)6-16/h1-5,16H,6H2,(H,15,17). The van der Waals surface area contributed by atoms with Crippen molar-refractivity contribution in [1.29, 1.82) is 0 Å². The number of carbonyl (C=O) groups is 1. The minimum Gasteiger partial charge on any atom is -0.392 e. The highest BCUT2D eigenvalue weighted by molar-refractivity contribution is 9.13. The molecule has 0 saturated carbocycles. The first-order chi connectivity index (χ1) is 8.60. The number of aliphatic hydroxyl groups excluding tert-OH is 1. The second kappa shape index (κ2) is 5.97. The van der Waals surface area contributed by atoms with Crippen LogP contribution in [0.5, 0.6) is 0 Å². The van der Waals surface area contributed by atoms with Crippen molar-refractivity contribution in [3.63, 3.8) is 0 Å². The molecular formula is C12H9Br2NO2S. The molecule has 0 fully saturated rings. The molecule has 0 spiro atoms. The average molecular weight is 391 g/mol. The zero-order chi connectivity index (χ0) is 13.1. The van der Waals surface area contributed by atoms with Crippen LogP contribution < -0.4 is 5.32 Å². The van der Waals surface area contributed by atoms with Gasteiger partial charge in [0.2, 0.25) is 0 Å². The molecule has 2 rings (SSSR count). The van der Waals surface area contributed by atoms with Gasteiger partial charge in [-0.05, 0) is 55.6 Å². The zero-order valence-corrected chi connectivity index (χ0v) is 13.1. The van der Waals surface area contributed by atoms with Gasteiger partial charge in [-0.25, -0.2) is 0 Å². The van der Waals surface area contributed by atoms with Crippen molar-refractivity contribution in [2.24, 2.45) is 0 Å². The Bertz CT molecular complexity index is 564. The molecule has 1 aromatic heterocycles. The normalized spacial score (nSPS) is 10.4. The van der Waals surface area contributed by atoms with Crippen LogP contribution in [-0.2, 0) is 6.61 Å². The van der Waals surface area contributed by atoms with Gasteiger partial charge in [0.1, 0.15) is 0 Å². The van der Waals surface area contributed by atoms with Gasteiger partial charge in [0.25, 0.3) is 5.91 Å². The Hall–Kier alpha value is -0.690. The topological polar surface area (TPSA) is 49.3 Å². The molecule has 0 radical (unpaired) electrons. The predicted molar refractivity (Wildman–Crippen MR) is 80.0 cm³/mol. The summed E-state index contributed by atoms with van der Waals surface area (Å²) in [6.45, 7) is -0.0419. The van der Waals surface area contributed by atoms with Gasteiger partial charge in [-0.3, -0.25) is 4.79 Å². The number of aliphatic hydroxyl groups is 1. The number of anilines is 1. The van der Waals surface area contributed by atoms with E-state index in [1.807, 2.05) is 0 Å². The van der Waals surface area contributed by atoms with Crippen LogP contribution in [-0.4, -0.2) is 11.0 Å². The first-order valence-corrected chi connectivity index (χ1v) is 7.46. The van der Waals surface area contributed by atoms with Crippen molar-refractivity contribution >= 4 is 54.8 Å².